The molecule has 7 nitrogen and oxygen atoms in total. The SMILES string of the molecule is N#CC(=NNc1ccccc1Cl)c1nc(-c2cccc([N+](=O)[O-])c2)cs1. The van der Waals surface area contributed by atoms with Gasteiger partial charge >= 0.3 is 0 Å². The van der Waals surface area contributed by atoms with Gasteiger partial charge in [-0.2, -0.15) is 10.4 Å². The van der Waals surface area contributed by atoms with E-state index < -0.39 is 4.92 Å². The molecule has 0 aliphatic rings. The van der Waals surface area contributed by atoms with Gasteiger partial charge in [0.15, 0.2) is 10.7 Å². The Hall–Kier alpha value is -3.28. The van der Waals surface area contributed by atoms with Crippen molar-refractivity contribution in [2.45, 2.75) is 0 Å². The number of halogens is 1. The van der Waals surface area contributed by atoms with Crippen LogP contribution in [0.15, 0.2) is 59.0 Å². The zero-order chi connectivity index (χ0) is 18.5. The summed E-state index contributed by atoms with van der Waals surface area (Å²) in [5, 5.41) is 26.9. The number of benzene rings is 2. The topological polar surface area (TPSA) is 104 Å². The molecule has 0 fully saturated rings. The predicted octanol–water partition coefficient (Wildman–Crippen LogP) is 4.71. The number of nitriles is 1. The highest BCUT2D eigenvalue weighted by atomic mass is 35.5. The highest BCUT2D eigenvalue weighted by Gasteiger charge is 2.13. The Morgan fingerprint density at radius 1 is 1.31 bits per heavy atom. The third-order valence-electron chi connectivity index (χ3n) is 3.33. The number of nitrogens with one attached hydrogen (secondary N) is 1. The number of hydrazone groups is 1. The molecule has 128 valence electrons. The summed E-state index contributed by atoms with van der Waals surface area (Å²) in [6, 6.07) is 15.2. The summed E-state index contributed by atoms with van der Waals surface area (Å²) in [4.78, 5) is 14.8. The first-order valence-corrected chi connectivity index (χ1v) is 8.53. The van der Waals surface area contributed by atoms with E-state index in [-0.39, 0.29) is 11.4 Å². The van der Waals surface area contributed by atoms with E-state index >= 15 is 0 Å². The van der Waals surface area contributed by atoms with E-state index in [1.54, 1.807) is 41.8 Å². The molecule has 0 saturated carbocycles. The average Bonchev–Trinajstić information content (AvgIpc) is 3.14. The Kier molecular flexibility index (Phi) is 5.22. The fraction of sp³-hybridized carbons (Fsp3) is 0. The van der Waals surface area contributed by atoms with Crippen LogP contribution in [0.4, 0.5) is 11.4 Å². The van der Waals surface area contributed by atoms with Gasteiger partial charge in [-0.15, -0.1) is 11.3 Å². The van der Waals surface area contributed by atoms with Gasteiger partial charge in [-0.25, -0.2) is 4.98 Å². The van der Waals surface area contributed by atoms with E-state index in [0.29, 0.717) is 27.0 Å². The number of non-ortho nitro benzene ring substituents is 1. The van der Waals surface area contributed by atoms with Crippen molar-refractivity contribution in [3.8, 4) is 17.3 Å². The molecule has 0 atom stereocenters. The van der Waals surface area contributed by atoms with Crippen molar-refractivity contribution in [1.29, 1.82) is 5.26 Å². The lowest BCUT2D eigenvalue weighted by Crippen LogP contribution is -2.01. The molecule has 0 aliphatic carbocycles. The second-order valence-corrected chi connectivity index (χ2v) is 6.27. The van der Waals surface area contributed by atoms with Gasteiger partial charge in [0.05, 0.1) is 21.3 Å². The monoisotopic (exact) mass is 383 g/mol. The molecule has 0 saturated heterocycles. The molecule has 1 aromatic heterocycles. The summed E-state index contributed by atoms with van der Waals surface area (Å²) in [6.07, 6.45) is 0. The minimum Gasteiger partial charge on any atom is -0.276 e. The maximum absolute atomic E-state index is 10.9. The standard InChI is InChI=1S/C17H10ClN5O2S/c18-13-6-1-2-7-14(13)21-22-15(9-19)17-20-16(10-26-17)11-4-3-5-12(8-11)23(24)25/h1-8,10,21H. The smallest absolute Gasteiger partial charge is 0.270 e. The molecule has 26 heavy (non-hydrogen) atoms. The van der Waals surface area contributed by atoms with Crippen LogP contribution in [-0.2, 0) is 0 Å². The third-order valence-corrected chi connectivity index (χ3v) is 4.51. The van der Waals surface area contributed by atoms with Gasteiger partial charge < -0.3 is 0 Å². The number of para-hydroxylation sites is 1. The molecule has 3 aromatic rings. The minimum atomic E-state index is -0.466. The lowest BCUT2D eigenvalue weighted by Gasteiger charge is -2.02. The number of nitrogens with zero attached hydrogens (tertiary/aromatic N) is 4. The number of nitro groups is 1. The molecule has 2 aromatic carbocycles. The second kappa shape index (κ2) is 7.74. The zero-order valence-corrected chi connectivity index (χ0v) is 14.7. The van der Waals surface area contributed by atoms with Crippen LogP contribution in [0.1, 0.15) is 5.01 Å². The molecule has 0 bridgehead atoms. The molecule has 9 heteroatoms. The van der Waals surface area contributed by atoms with Gasteiger partial charge in [0.25, 0.3) is 5.69 Å². The number of nitro benzene ring substituents is 1. The average molecular weight is 384 g/mol. The van der Waals surface area contributed by atoms with E-state index in [1.165, 1.54) is 23.5 Å². The summed E-state index contributed by atoms with van der Waals surface area (Å²) < 4.78 is 0. The van der Waals surface area contributed by atoms with Crippen molar-refractivity contribution in [2.24, 2.45) is 5.10 Å². The van der Waals surface area contributed by atoms with Crippen molar-refractivity contribution in [3.63, 3.8) is 0 Å². The first-order chi connectivity index (χ1) is 12.6. The molecule has 0 unspecified atom stereocenters. The second-order valence-electron chi connectivity index (χ2n) is 5.01. The van der Waals surface area contributed by atoms with Crippen LogP contribution in [0, 0.1) is 21.4 Å². The van der Waals surface area contributed by atoms with Crippen LogP contribution in [0.5, 0.6) is 0 Å². The molecule has 0 aliphatic heterocycles. The molecule has 1 heterocycles. The number of rotatable bonds is 5. The third kappa shape index (κ3) is 3.85. The number of hydrogen-bond acceptors (Lipinski definition) is 7. The van der Waals surface area contributed by atoms with Crippen molar-refractivity contribution < 1.29 is 4.92 Å². The van der Waals surface area contributed by atoms with Crippen LogP contribution < -0.4 is 5.43 Å². The van der Waals surface area contributed by atoms with E-state index in [0.717, 1.165) is 0 Å². The first kappa shape index (κ1) is 17.5. The molecular formula is C17H10ClN5O2S. The maximum atomic E-state index is 10.9. The molecule has 3 rings (SSSR count). The first-order valence-electron chi connectivity index (χ1n) is 7.27. The molecule has 0 radical (unpaired) electrons. The number of aromatic nitrogens is 1. The molecule has 0 spiro atoms. The van der Waals surface area contributed by atoms with Crippen LogP contribution in [0.2, 0.25) is 5.02 Å². The number of thiazole rings is 1. The summed E-state index contributed by atoms with van der Waals surface area (Å²) in [7, 11) is 0. The Morgan fingerprint density at radius 2 is 2.12 bits per heavy atom. The van der Waals surface area contributed by atoms with Crippen molar-refractivity contribution in [3.05, 3.63) is 74.1 Å². The Labute approximate surface area is 157 Å². The molecular weight excluding hydrogens is 374 g/mol. The highest BCUT2D eigenvalue weighted by Crippen LogP contribution is 2.26. The summed E-state index contributed by atoms with van der Waals surface area (Å²) in [5.41, 5.74) is 4.51. The van der Waals surface area contributed by atoms with Gasteiger partial charge in [-0.05, 0) is 12.1 Å². The highest BCUT2D eigenvalue weighted by molar-refractivity contribution is 7.12. The van der Waals surface area contributed by atoms with Gasteiger partial charge in [-0.1, -0.05) is 35.9 Å². The zero-order valence-electron chi connectivity index (χ0n) is 13.1. The fourth-order valence-corrected chi connectivity index (χ4v) is 3.03. The lowest BCUT2D eigenvalue weighted by atomic mass is 10.1. The van der Waals surface area contributed by atoms with E-state index in [2.05, 4.69) is 15.5 Å². The van der Waals surface area contributed by atoms with Crippen LogP contribution in [0.3, 0.4) is 0 Å². The Morgan fingerprint density at radius 3 is 2.85 bits per heavy atom. The summed E-state index contributed by atoms with van der Waals surface area (Å²) in [5.74, 6) is 0. The van der Waals surface area contributed by atoms with Crippen LogP contribution in [-0.4, -0.2) is 15.6 Å². The molecule has 1 N–H and O–H groups in total. The minimum absolute atomic E-state index is 0.0217. The summed E-state index contributed by atoms with van der Waals surface area (Å²) in [6.45, 7) is 0. The van der Waals surface area contributed by atoms with Gasteiger partial charge in [0.2, 0.25) is 0 Å². The van der Waals surface area contributed by atoms with E-state index in [9.17, 15) is 15.4 Å². The summed E-state index contributed by atoms with van der Waals surface area (Å²) >= 11 is 7.26. The van der Waals surface area contributed by atoms with Crippen LogP contribution in [0.25, 0.3) is 11.3 Å². The Bertz CT molecular complexity index is 1040. The van der Waals surface area contributed by atoms with Crippen LogP contribution >= 0.6 is 22.9 Å². The van der Waals surface area contributed by atoms with Gasteiger partial charge in [0, 0.05) is 23.1 Å². The lowest BCUT2D eigenvalue weighted by molar-refractivity contribution is -0.384. The Balaban J connectivity index is 1.87. The largest absolute Gasteiger partial charge is 0.276 e. The van der Waals surface area contributed by atoms with E-state index in [4.69, 9.17) is 11.6 Å². The normalized spacial score (nSPS) is 11.0. The number of hydrogen-bond donors (Lipinski definition) is 1. The molecule has 0 amide bonds. The predicted molar refractivity (Wildman–Crippen MR) is 101 cm³/mol. The fourth-order valence-electron chi connectivity index (χ4n) is 2.08. The van der Waals surface area contributed by atoms with E-state index in [1.807, 2.05) is 6.07 Å². The van der Waals surface area contributed by atoms with Gasteiger partial charge in [-0.3, -0.25) is 15.5 Å². The van der Waals surface area contributed by atoms with Crippen molar-refractivity contribution >= 4 is 40.0 Å². The maximum Gasteiger partial charge on any atom is 0.270 e. The van der Waals surface area contributed by atoms with Crippen molar-refractivity contribution in [1.82, 2.24) is 4.98 Å². The van der Waals surface area contributed by atoms with Crippen molar-refractivity contribution in [2.75, 3.05) is 5.43 Å². The number of anilines is 1. The quantitative estimate of drug-likeness (QED) is 0.390. The van der Waals surface area contributed by atoms with Gasteiger partial charge in [0.1, 0.15) is 6.07 Å².